The smallest absolute Gasteiger partial charge is 0.272 e. The van der Waals surface area contributed by atoms with Crippen molar-refractivity contribution in [2.45, 2.75) is 13.5 Å². The van der Waals surface area contributed by atoms with Gasteiger partial charge >= 0.3 is 0 Å². The van der Waals surface area contributed by atoms with E-state index in [9.17, 15) is 10.1 Å². The molecule has 100 valence electrons. The summed E-state index contributed by atoms with van der Waals surface area (Å²) in [5.74, 6) is 0. The maximum atomic E-state index is 10.8. The predicted octanol–water partition coefficient (Wildman–Crippen LogP) is 1.00. The van der Waals surface area contributed by atoms with Crippen LogP contribution in [-0.4, -0.2) is 36.4 Å². The molecule has 6 nitrogen and oxygen atoms in total. The molecule has 0 spiro atoms. The molecular weight excluding hydrogens is 236 g/mol. The molecule has 0 aliphatic carbocycles. The van der Waals surface area contributed by atoms with Crippen LogP contribution in [-0.2, 0) is 11.3 Å². The van der Waals surface area contributed by atoms with Gasteiger partial charge in [-0.2, -0.15) is 0 Å². The van der Waals surface area contributed by atoms with Crippen LogP contribution in [0.1, 0.15) is 11.1 Å². The molecular formula is C12H18N2O4. The molecule has 0 radical (unpaired) electrons. The van der Waals surface area contributed by atoms with Crippen molar-refractivity contribution in [3.63, 3.8) is 0 Å². The largest absolute Gasteiger partial charge is 0.394 e. The molecule has 1 aromatic carbocycles. The number of aliphatic hydroxyl groups is 1. The van der Waals surface area contributed by atoms with Crippen molar-refractivity contribution in [2.75, 3.05) is 26.4 Å². The predicted molar refractivity (Wildman–Crippen MR) is 67.4 cm³/mol. The summed E-state index contributed by atoms with van der Waals surface area (Å²) in [6.45, 7) is 3.78. The molecule has 6 heteroatoms. The topological polar surface area (TPSA) is 84.6 Å². The van der Waals surface area contributed by atoms with E-state index < -0.39 is 0 Å². The first-order chi connectivity index (χ1) is 8.65. The molecule has 18 heavy (non-hydrogen) atoms. The summed E-state index contributed by atoms with van der Waals surface area (Å²) in [4.78, 5) is 10.4. The SMILES string of the molecule is Cc1ccc(CNCCOCCO)cc1[N+](=O)[O-]. The van der Waals surface area contributed by atoms with Crippen LogP contribution in [0, 0.1) is 17.0 Å². The van der Waals surface area contributed by atoms with Crippen molar-refractivity contribution >= 4 is 5.69 Å². The van der Waals surface area contributed by atoms with E-state index >= 15 is 0 Å². The maximum absolute atomic E-state index is 10.8. The zero-order valence-electron chi connectivity index (χ0n) is 10.4. The number of aliphatic hydroxyl groups excluding tert-OH is 1. The van der Waals surface area contributed by atoms with Crippen LogP contribution < -0.4 is 5.32 Å². The van der Waals surface area contributed by atoms with E-state index in [1.807, 2.05) is 6.07 Å². The Bertz CT molecular complexity index is 396. The molecule has 0 bridgehead atoms. The van der Waals surface area contributed by atoms with Gasteiger partial charge in [0.2, 0.25) is 0 Å². The van der Waals surface area contributed by atoms with Crippen molar-refractivity contribution in [1.29, 1.82) is 0 Å². The van der Waals surface area contributed by atoms with Crippen LogP contribution in [0.25, 0.3) is 0 Å². The minimum absolute atomic E-state index is 0.0180. The van der Waals surface area contributed by atoms with Crippen LogP contribution in [0.15, 0.2) is 18.2 Å². The zero-order valence-corrected chi connectivity index (χ0v) is 10.4. The third kappa shape index (κ3) is 4.79. The van der Waals surface area contributed by atoms with Gasteiger partial charge in [-0.1, -0.05) is 12.1 Å². The third-order valence-electron chi connectivity index (χ3n) is 2.46. The van der Waals surface area contributed by atoms with Crippen molar-refractivity contribution in [3.8, 4) is 0 Å². The molecule has 1 rings (SSSR count). The number of hydrogen-bond donors (Lipinski definition) is 2. The fourth-order valence-corrected chi connectivity index (χ4v) is 1.51. The molecule has 0 atom stereocenters. The normalized spacial score (nSPS) is 10.6. The minimum atomic E-state index is -0.372. The lowest BCUT2D eigenvalue weighted by Crippen LogP contribution is -2.20. The second-order valence-electron chi connectivity index (χ2n) is 3.89. The second-order valence-corrected chi connectivity index (χ2v) is 3.89. The van der Waals surface area contributed by atoms with Crippen LogP contribution >= 0.6 is 0 Å². The van der Waals surface area contributed by atoms with Gasteiger partial charge in [-0.3, -0.25) is 10.1 Å². The molecule has 0 heterocycles. The first-order valence-electron chi connectivity index (χ1n) is 5.78. The Morgan fingerprint density at radius 3 is 2.89 bits per heavy atom. The molecule has 0 aliphatic heterocycles. The Morgan fingerprint density at radius 1 is 1.44 bits per heavy atom. The summed E-state index contributed by atoms with van der Waals surface area (Å²) in [5.41, 5.74) is 1.68. The van der Waals surface area contributed by atoms with Gasteiger partial charge in [-0.05, 0) is 12.5 Å². The number of nitro groups is 1. The number of ether oxygens (including phenoxy) is 1. The zero-order chi connectivity index (χ0) is 13.4. The van der Waals surface area contributed by atoms with Crippen molar-refractivity contribution in [2.24, 2.45) is 0 Å². The molecule has 0 saturated carbocycles. The lowest BCUT2D eigenvalue weighted by atomic mass is 10.1. The highest BCUT2D eigenvalue weighted by molar-refractivity contribution is 5.42. The molecule has 0 aliphatic rings. The molecule has 1 aromatic rings. The van der Waals surface area contributed by atoms with E-state index in [2.05, 4.69) is 5.32 Å². The van der Waals surface area contributed by atoms with Crippen molar-refractivity contribution in [3.05, 3.63) is 39.4 Å². The average molecular weight is 254 g/mol. The van der Waals surface area contributed by atoms with E-state index in [4.69, 9.17) is 9.84 Å². The summed E-state index contributed by atoms with van der Waals surface area (Å²) in [6.07, 6.45) is 0. The van der Waals surface area contributed by atoms with Crippen LogP contribution in [0.3, 0.4) is 0 Å². The lowest BCUT2D eigenvalue weighted by molar-refractivity contribution is -0.385. The Kier molecular flexibility index (Phi) is 6.27. The lowest BCUT2D eigenvalue weighted by Gasteiger charge is -2.06. The van der Waals surface area contributed by atoms with Crippen LogP contribution in [0.4, 0.5) is 5.69 Å². The molecule has 0 aromatic heterocycles. The summed E-state index contributed by atoms with van der Waals surface area (Å²) in [7, 11) is 0. The number of benzene rings is 1. The number of nitrogens with one attached hydrogen (secondary N) is 1. The van der Waals surface area contributed by atoms with Crippen molar-refractivity contribution in [1.82, 2.24) is 5.32 Å². The fraction of sp³-hybridized carbons (Fsp3) is 0.500. The number of nitro benzene ring substituents is 1. The second kappa shape index (κ2) is 7.75. The summed E-state index contributed by atoms with van der Waals surface area (Å²) < 4.78 is 5.08. The van der Waals surface area contributed by atoms with E-state index in [1.54, 1.807) is 19.1 Å². The Morgan fingerprint density at radius 2 is 2.22 bits per heavy atom. The quantitative estimate of drug-likeness (QED) is 0.411. The van der Waals surface area contributed by atoms with Gasteiger partial charge in [0, 0.05) is 24.7 Å². The highest BCUT2D eigenvalue weighted by Crippen LogP contribution is 2.18. The maximum Gasteiger partial charge on any atom is 0.272 e. The molecule has 0 amide bonds. The van der Waals surface area contributed by atoms with Gasteiger partial charge in [0.15, 0.2) is 0 Å². The molecule has 0 saturated heterocycles. The summed E-state index contributed by atoms with van der Waals surface area (Å²) in [6, 6.07) is 5.19. The van der Waals surface area contributed by atoms with E-state index in [1.165, 1.54) is 0 Å². The Hall–Kier alpha value is -1.50. The average Bonchev–Trinajstić information content (AvgIpc) is 2.35. The molecule has 0 unspecified atom stereocenters. The van der Waals surface area contributed by atoms with E-state index in [0.29, 0.717) is 31.9 Å². The van der Waals surface area contributed by atoms with Gasteiger partial charge in [-0.25, -0.2) is 0 Å². The third-order valence-corrected chi connectivity index (χ3v) is 2.46. The van der Waals surface area contributed by atoms with Gasteiger partial charge < -0.3 is 15.2 Å². The Balaban J connectivity index is 2.38. The number of hydrogen-bond acceptors (Lipinski definition) is 5. The van der Waals surface area contributed by atoms with E-state index in [0.717, 1.165) is 5.56 Å². The van der Waals surface area contributed by atoms with Crippen LogP contribution in [0.5, 0.6) is 0 Å². The van der Waals surface area contributed by atoms with Gasteiger partial charge in [0.1, 0.15) is 0 Å². The Labute approximate surface area is 106 Å². The monoisotopic (exact) mass is 254 g/mol. The number of aryl methyl sites for hydroxylation is 1. The van der Waals surface area contributed by atoms with E-state index in [-0.39, 0.29) is 17.2 Å². The standard InChI is InChI=1S/C12H18N2O4/c1-10-2-3-11(8-12(10)14(16)17)9-13-4-6-18-7-5-15/h2-3,8,13,15H,4-7,9H2,1H3. The minimum Gasteiger partial charge on any atom is -0.394 e. The number of rotatable bonds is 8. The van der Waals surface area contributed by atoms with Gasteiger partial charge in [-0.15, -0.1) is 0 Å². The number of nitrogens with zero attached hydrogens (tertiary/aromatic N) is 1. The molecule has 0 fully saturated rings. The van der Waals surface area contributed by atoms with Crippen LogP contribution in [0.2, 0.25) is 0 Å². The fourth-order valence-electron chi connectivity index (χ4n) is 1.51. The summed E-state index contributed by atoms with van der Waals surface area (Å²) in [5, 5.41) is 22.4. The van der Waals surface area contributed by atoms with Gasteiger partial charge in [0.25, 0.3) is 5.69 Å². The highest BCUT2D eigenvalue weighted by atomic mass is 16.6. The van der Waals surface area contributed by atoms with Gasteiger partial charge in [0.05, 0.1) is 24.7 Å². The first kappa shape index (κ1) is 14.6. The van der Waals surface area contributed by atoms with Crippen molar-refractivity contribution < 1.29 is 14.8 Å². The highest BCUT2D eigenvalue weighted by Gasteiger charge is 2.10. The summed E-state index contributed by atoms with van der Waals surface area (Å²) >= 11 is 0. The molecule has 2 N–H and O–H groups in total. The first-order valence-corrected chi connectivity index (χ1v) is 5.78.